The second-order valence-electron chi connectivity index (χ2n) is 2.00. The molecule has 1 aromatic rings. The Bertz CT molecular complexity index is 329. The highest BCUT2D eigenvalue weighted by Gasteiger charge is 2.07. The van der Waals surface area contributed by atoms with Gasteiger partial charge in [0.15, 0.2) is 0 Å². The van der Waals surface area contributed by atoms with Crippen molar-refractivity contribution in [3.05, 3.63) is 33.0 Å². The maximum Gasteiger partial charge on any atom is 0.133 e. The number of rotatable bonds is 1. The summed E-state index contributed by atoms with van der Waals surface area (Å²) in [5.74, 6) is -0.527. The molecule has 0 saturated heterocycles. The number of benzene rings is 1. The van der Waals surface area contributed by atoms with Crippen LogP contribution < -0.4 is 0 Å². The van der Waals surface area contributed by atoms with Gasteiger partial charge in [-0.15, -0.1) is 0 Å². The average Bonchev–Trinajstić information content (AvgIpc) is 2.06. The van der Waals surface area contributed by atoms with Gasteiger partial charge in [0.25, 0.3) is 0 Å². The second-order valence-corrected chi connectivity index (χ2v) is 3.23. The van der Waals surface area contributed by atoms with E-state index in [-0.39, 0.29) is 10.6 Å². The Morgan fingerprint density at radius 3 is 2.83 bits per heavy atom. The Kier molecular flexibility index (Phi) is 3.05. The summed E-state index contributed by atoms with van der Waals surface area (Å²) in [6, 6.07) is 2.71. The Balaban J connectivity index is 3.32. The Morgan fingerprint density at radius 2 is 2.25 bits per heavy atom. The summed E-state index contributed by atoms with van der Waals surface area (Å²) in [6.07, 6.45) is 0.947. The fourth-order valence-corrected chi connectivity index (χ4v) is 1.27. The van der Waals surface area contributed by atoms with Crippen molar-refractivity contribution in [3.63, 3.8) is 0 Å². The Hall–Kier alpha value is -0.610. The van der Waals surface area contributed by atoms with E-state index in [4.69, 9.17) is 16.8 Å². The zero-order chi connectivity index (χ0) is 9.14. The molecule has 0 radical (unpaired) electrons. The van der Waals surface area contributed by atoms with Gasteiger partial charge in [-0.05, 0) is 28.1 Å². The van der Waals surface area contributed by atoms with Gasteiger partial charge in [0.05, 0.1) is 16.8 Å². The van der Waals surface area contributed by atoms with Crippen molar-refractivity contribution < 1.29 is 9.60 Å². The molecule has 0 aliphatic heterocycles. The zero-order valence-corrected chi connectivity index (χ0v) is 8.10. The molecule has 1 N–H and O–H groups in total. The minimum Gasteiger partial charge on any atom is -0.411 e. The summed E-state index contributed by atoms with van der Waals surface area (Å²) in [7, 11) is 0. The zero-order valence-electron chi connectivity index (χ0n) is 5.76. The molecular formula is C7H4BrClFNO. The van der Waals surface area contributed by atoms with Crippen molar-refractivity contribution in [2.45, 2.75) is 0 Å². The van der Waals surface area contributed by atoms with E-state index in [1.54, 1.807) is 0 Å². The van der Waals surface area contributed by atoms with Crippen LogP contribution in [0.25, 0.3) is 0 Å². The quantitative estimate of drug-likeness (QED) is 0.354. The largest absolute Gasteiger partial charge is 0.411 e. The molecule has 1 aromatic carbocycles. The van der Waals surface area contributed by atoms with Crippen molar-refractivity contribution in [1.82, 2.24) is 0 Å². The molecule has 0 aromatic heterocycles. The van der Waals surface area contributed by atoms with Crippen molar-refractivity contribution >= 4 is 33.7 Å². The van der Waals surface area contributed by atoms with Crippen molar-refractivity contribution in [2.75, 3.05) is 0 Å². The van der Waals surface area contributed by atoms with Crippen LogP contribution in [0.2, 0.25) is 5.02 Å². The molecule has 64 valence electrons. The maximum atomic E-state index is 12.9. The van der Waals surface area contributed by atoms with E-state index < -0.39 is 5.82 Å². The highest BCUT2D eigenvalue weighted by Crippen LogP contribution is 2.26. The first-order chi connectivity index (χ1) is 5.66. The number of oxime groups is 1. The summed E-state index contributed by atoms with van der Waals surface area (Å²) < 4.78 is 13.5. The van der Waals surface area contributed by atoms with Crippen LogP contribution >= 0.6 is 27.5 Å². The fourth-order valence-electron chi connectivity index (χ4n) is 0.719. The van der Waals surface area contributed by atoms with Gasteiger partial charge in [-0.25, -0.2) is 4.39 Å². The molecule has 0 aliphatic rings. The predicted molar refractivity (Wildman–Crippen MR) is 48.5 cm³/mol. The smallest absolute Gasteiger partial charge is 0.133 e. The Morgan fingerprint density at radius 1 is 1.58 bits per heavy atom. The van der Waals surface area contributed by atoms with Crippen LogP contribution in [0, 0.1) is 5.82 Å². The Labute approximate surface area is 81.8 Å². The SMILES string of the molecule is O/N=C/c1c(F)ccc(Br)c1Cl. The summed E-state index contributed by atoms with van der Waals surface area (Å²) in [5, 5.41) is 11.1. The fraction of sp³-hybridized carbons (Fsp3) is 0. The summed E-state index contributed by atoms with van der Waals surface area (Å²) in [5.41, 5.74) is 0.0635. The molecule has 0 unspecified atom stereocenters. The first kappa shape index (κ1) is 9.48. The topological polar surface area (TPSA) is 32.6 Å². The third-order valence-corrected chi connectivity index (χ3v) is 2.56. The third-order valence-electron chi connectivity index (χ3n) is 1.27. The standard InChI is InChI=1S/C7H4BrClFNO/c8-5-1-2-6(10)4(3-11-12)7(5)9/h1-3,12H/b11-3+. The minimum atomic E-state index is -0.527. The second kappa shape index (κ2) is 3.87. The predicted octanol–water partition coefficient (Wildman–Crippen LogP) is 3.05. The van der Waals surface area contributed by atoms with Gasteiger partial charge < -0.3 is 5.21 Å². The summed E-state index contributed by atoms with van der Waals surface area (Å²) in [6.45, 7) is 0. The number of hydrogen-bond donors (Lipinski definition) is 1. The van der Waals surface area contributed by atoms with E-state index >= 15 is 0 Å². The van der Waals surface area contributed by atoms with Gasteiger partial charge in [-0.1, -0.05) is 16.8 Å². The monoisotopic (exact) mass is 251 g/mol. The first-order valence-corrected chi connectivity index (χ1v) is 4.15. The lowest BCUT2D eigenvalue weighted by molar-refractivity contribution is 0.321. The molecule has 5 heteroatoms. The lowest BCUT2D eigenvalue weighted by Gasteiger charge is -2.00. The molecule has 0 heterocycles. The van der Waals surface area contributed by atoms with Crippen LogP contribution in [-0.2, 0) is 0 Å². The lowest BCUT2D eigenvalue weighted by atomic mass is 10.2. The van der Waals surface area contributed by atoms with E-state index in [0.29, 0.717) is 4.47 Å². The van der Waals surface area contributed by atoms with E-state index in [2.05, 4.69) is 21.1 Å². The highest BCUT2D eigenvalue weighted by molar-refractivity contribution is 9.10. The third kappa shape index (κ3) is 1.76. The average molecular weight is 252 g/mol. The minimum absolute atomic E-state index is 0.0635. The maximum absolute atomic E-state index is 12.9. The van der Waals surface area contributed by atoms with Crippen LogP contribution in [0.4, 0.5) is 4.39 Å². The molecule has 0 fully saturated rings. The first-order valence-electron chi connectivity index (χ1n) is 2.97. The highest BCUT2D eigenvalue weighted by atomic mass is 79.9. The molecule has 0 amide bonds. The van der Waals surface area contributed by atoms with Crippen LogP contribution in [0.3, 0.4) is 0 Å². The van der Waals surface area contributed by atoms with Crippen molar-refractivity contribution in [3.8, 4) is 0 Å². The van der Waals surface area contributed by atoms with E-state index in [9.17, 15) is 4.39 Å². The molecule has 12 heavy (non-hydrogen) atoms. The molecule has 2 nitrogen and oxygen atoms in total. The van der Waals surface area contributed by atoms with Crippen molar-refractivity contribution in [2.24, 2.45) is 5.16 Å². The van der Waals surface area contributed by atoms with Gasteiger partial charge in [0.1, 0.15) is 5.82 Å². The van der Waals surface area contributed by atoms with Crippen molar-refractivity contribution in [1.29, 1.82) is 0 Å². The molecule has 0 bridgehead atoms. The van der Waals surface area contributed by atoms with Crippen LogP contribution in [0.5, 0.6) is 0 Å². The van der Waals surface area contributed by atoms with Crippen LogP contribution in [0.1, 0.15) is 5.56 Å². The lowest BCUT2D eigenvalue weighted by Crippen LogP contribution is -1.90. The molecule has 1 rings (SSSR count). The molecular weight excluding hydrogens is 248 g/mol. The summed E-state index contributed by atoms with van der Waals surface area (Å²) in [4.78, 5) is 0. The number of halogens is 3. The molecule has 0 spiro atoms. The molecule has 0 saturated carbocycles. The van der Waals surface area contributed by atoms with Gasteiger partial charge in [0, 0.05) is 4.47 Å². The van der Waals surface area contributed by atoms with E-state index in [1.165, 1.54) is 12.1 Å². The normalized spacial score (nSPS) is 10.9. The van der Waals surface area contributed by atoms with Gasteiger partial charge >= 0.3 is 0 Å². The number of nitrogens with zero attached hydrogens (tertiary/aromatic N) is 1. The van der Waals surface area contributed by atoms with Crippen LogP contribution in [0.15, 0.2) is 21.8 Å². The number of hydrogen-bond acceptors (Lipinski definition) is 2. The van der Waals surface area contributed by atoms with Gasteiger partial charge in [0.2, 0.25) is 0 Å². The summed E-state index contributed by atoms with van der Waals surface area (Å²) >= 11 is 8.80. The van der Waals surface area contributed by atoms with E-state index in [1.807, 2.05) is 0 Å². The molecule has 0 atom stereocenters. The van der Waals surface area contributed by atoms with Crippen LogP contribution in [-0.4, -0.2) is 11.4 Å². The van der Waals surface area contributed by atoms with E-state index in [0.717, 1.165) is 6.21 Å². The van der Waals surface area contributed by atoms with Gasteiger partial charge in [-0.3, -0.25) is 0 Å². The van der Waals surface area contributed by atoms with Gasteiger partial charge in [-0.2, -0.15) is 0 Å². The molecule has 0 aliphatic carbocycles.